The largest absolute Gasteiger partial charge is 0.495 e. The molecule has 0 bridgehead atoms. The minimum atomic E-state index is 0.562. The number of piperidine rings is 1. The fourth-order valence-electron chi connectivity index (χ4n) is 2.56. The Hall–Kier alpha value is -0.930. The molecule has 1 unspecified atom stereocenters. The molecule has 0 saturated carbocycles. The van der Waals surface area contributed by atoms with Gasteiger partial charge in [-0.2, -0.15) is 0 Å². The second kappa shape index (κ2) is 6.30. The lowest BCUT2D eigenvalue weighted by Gasteiger charge is -2.35. The molecule has 0 spiro atoms. The van der Waals surface area contributed by atoms with Gasteiger partial charge in [0.1, 0.15) is 5.75 Å². The highest BCUT2D eigenvalue weighted by molar-refractivity contribution is 6.30. The molecule has 18 heavy (non-hydrogen) atoms. The van der Waals surface area contributed by atoms with Crippen molar-refractivity contribution in [3.05, 3.63) is 23.2 Å². The van der Waals surface area contributed by atoms with E-state index in [0.29, 0.717) is 6.04 Å². The van der Waals surface area contributed by atoms with Gasteiger partial charge in [0, 0.05) is 24.2 Å². The number of methoxy groups -OCH3 is 1. The van der Waals surface area contributed by atoms with Crippen molar-refractivity contribution >= 4 is 17.3 Å². The molecule has 2 rings (SSSR count). The first-order valence-electron chi connectivity index (χ1n) is 6.56. The van der Waals surface area contributed by atoms with Crippen LogP contribution >= 0.6 is 11.6 Å². The molecule has 0 aliphatic carbocycles. The van der Waals surface area contributed by atoms with E-state index < -0.39 is 0 Å². The van der Waals surface area contributed by atoms with Gasteiger partial charge in [0.25, 0.3) is 0 Å². The molecule has 100 valence electrons. The van der Waals surface area contributed by atoms with Crippen molar-refractivity contribution in [1.82, 2.24) is 5.32 Å². The summed E-state index contributed by atoms with van der Waals surface area (Å²) in [4.78, 5) is 2.36. The molecule has 1 aromatic rings. The summed E-state index contributed by atoms with van der Waals surface area (Å²) in [7, 11) is 1.71. The Balaban J connectivity index is 2.17. The first kappa shape index (κ1) is 13.5. The van der Waals surface area contributed by atoms with Crippen molar-refractivity contribution in [2.75, 3.05) is 31.6 Å². The van der Waals surface area contributed by atoms with Gasteiger partial charge in [0.15, 0.2) is 0 Å². The maximum atomic E-state index is 6.09. The molecular weight excluding hydrogens is 248 g/mol. The second-order valence-electron chi connectivity index (χ2n) is 4.66. The average Bonchev–Trinajstić information content (AvgIpc) is 2.39. The zero-order valence-electron chi connectivity index (χ0n) is 11.1. The highest BCUT2D eigenvalue weighted by Gasteiger charge is 2.21. The molecule has 0 aromatic heterocycles. The molecule has 1 aliphatic rings. The van der Waals surface area contributed by atoms with E-state index in [1.807, 2.05) is 18.2 Å². The van der Waals surface area contributed by atoms with Crippen molar-refractivity contribution in [2.45, 2.75) is 25.8 Å². The van der Waals surface area contributed by atoms with Gasteiger partial charge in [-0.05, 0) is 37.6 Å². The fraction of sp³-hybridized carbons (Fsp3) is 0.571. The molecule has 1 atom stereocenters. The van der Waals surface area contributed by atoms with Crippen LogP contribution in [0, 0.1) is 0 Å². The number of ether oxygens (including phenoxy) is 1. The molecule has 1 N–H and O–H groups in total. The van der Waals surface area contributed by atoms with Gasteiger partial charge in [-0.3, -0.25) is 0 Å². The third-order valence-electron chi connectivity index (χ3n) is 3.40. The van der Waals surface area contributed by atoms with Crippen LogP contribution in [0.25, 0.3) is 0 Å². The van der Waals surface area contributed by atoms with E-state index in [9.17, 15) is 0 Å². The fourth-order valence-corrected chi connectivity index (χ4v) is 2.73. The number of benzene rings is 1. The lowest BCUT2D eigenvalue weighted by Crippen LogP contribution is -2.45. The summed E-state index contributed by atoms with van der Waals surface area (Å²) in [6, 6.07) is 6.37. The monoisotopic (exact) mass is 268 g/mol. The molecule has 3 nitrogen and oxygen atoms in total. The highest BCUT2D eigenvalue weighted by atomic mass is 35.5. The van der Waals surface area contributed by atoms with Crippen LogP contribution in [-0.2, 0) is 0 Å². The van der Waals surface area contributed by atoms with Crippen LogP contribution in [0.2, 0.25) is 5.02 Å². The standard InChI is InChI=1S/C14H21ClN2O/c1-3-16-12-5-4-8-17(10-12)13-9-11(15)6-7-14(13)18-2/h6-7,9,12,16H,3-5,8,10H2,1-2H3. The molecule has 0 amide bonds. The summed E-state index contributed by atoms with van der Waals surface area (Å²) in [5.41, 5.74) is 1.10. The lowest BCUT2D eigenvalue weighted by molar-refractivity contribution is 0.403. The van der Waals surface area contributed by atoms with Crippen molar-refractivity contribution < 1.29 is 4.74 Å². The molecule has 1 fully saturated rings. The third-order valence-corrected chi connectivity index (χ3v) is 3.63. The number of likely N-dealkylation sites (N-methyl/N-ethyl adjacent to an activating group) is 1. The Morgan fingerprint density at radius 1 is 1.50 bits per heavy atom. The summed E-state index contributed by atoms with van der Waals surface area (Å²) in [6.45, 7) is 5.26. The summed E-state index contributed by atoms with van der Waals surface area (Å²) < 4.78 is 5.43. The summed E-state index contributed by atoms with van der Waals surface area (Å²) in [5, 5.41) is 4.28. The Bertz CT molecular complexity index is 395. The maximum Gasteiger partial charge on any atom is 0.142 e. The molecule has 1 heterocycles. The van der Waals surface area contributed by atoms with Crippen LogP contribution in [0.4, 0.5) is 5.69 Å². The number of nitrogens with one attached hydrogen (secondary N) is 1. The minimum Gasteiger partial charge on any atom is -0.495 e. The molecule has 1 saturated heterocycles. The van der Waals surface area contributed by atoms with E-state index >= 15 is 0 Å². The van der Waals surface area contributed by atoms with Gasteiger partial charge < -0.3 is 15.0 Å². The van der Waals surface area contributed by atoms with Crippen molar-refractivity contribution in [3.63, 3.8) is 0 Å². The van der Waals surface area contributed by atoms with E-state index in [2.05, 4.69) is 17.1 Å². The lowest BCUT2D eigenvalue weighted by atomic mass is 10.0. The Kier molecular flexibility index (Phi) is 4.72. The normalized spacial score (nSPS) is 19.9. The Morgan fingerprint density at radius 2 is 2.33 bits per heavy atom. The van der Waals surface area contributed by atoms with Crippen LogP contribution in [0.5, 0.6) is 5.75 Å². The molecule has 1 aliphatic heterocycles. The van der Waals surface area contributed by atoms with E-state index in [1.54, 1.807) is 7.11 Å². The number of nitrogens with zero attached hydrogens (tertiary/aromatic N) is 1. The predicted octanol–water partition coefficient (Wildman–Crippen LogP) is 2.93. The Morgan fingerprint density at radius 3 is 3.06 bits per heavy atom. The quantitative estimate of drug-likeness (QED) is 0.909. The van der Waals surface area contributed by atoms with Gasteiger partial charge >= 0.3 is 0 Å². The van der Waals surface area contributed by atoms with Crippen LogP contribution in [0.15, 0.2) is 18.2 Å². The van der Waals surface area contributed by atoms with Crippen molar-refractivity contribution in [1.29, 1.82) is 0 Å². The zero-order valence-corrected chi connectivity index (χ0v) is 11.8. The SMILES string of the molecule is CCNC1CCCN(c2cc(Cl)ccc2OC)C1. The third kappa shape index (κ3) is 3.09. The second-order valence-corrected chi connectivity index (χ2v) is 5.10. The molecule has 1 aromatic carbocycles. The summed E-state index contributed by atoms with van der Waals surface area (Å²) in [5.74, 6) is 0.900. The summed E-state index contributed by atoms with van der Waals surface area (Å²) >= 11 is 6.09. The molecular formula is C14H21ClN2O. The smallest absolute Gasteiger partial charge is 0.142 e. The first-order chi connectivity index (χ1) is 8.74. The van der Waals surface area contributed by atoms with Crippen LogP contribution in [0.1, 0.15) is 19.8 Å². The van der Waals surface area contributed by atoms with E-state index in [-0.39, 0.29) is 0 Å². The number of halogens is 1. The average molecular weight is 269 g/mol. The highest BCUT2D eigenvalue weighted by Crippen LogP contribution is 2.32. The van der Waals surface area contributed by atoms with Crippen LogP contribution in [-0.4, -0.2) is 32.8 Å². The number of rotatable bonds is 4. The van der Waals surface area contributed by atoms with Crippen LogP contribution in [0.3, 0.4) is 0 Å². The van der Waals surface area contributed by atoms with E-state index in [0.717, 1.165) is 36.1 Å². The molecule has 4 heteroatoms. The van der Waals surface area contributed by atoms with Crippen molar-refractivity contribution in [2.24, 2.45) is 0 Å². The number of hydrogen-bond donors (Lipinski definition) is 1. The van der Waals surface area contributed by atoms with Gasteiger partial charge in [-0.1, -0.05) is 18.5 Å². The topological polar surface area (TPSA) is 24.5 Å². The first-order valence-corrected chi connectivity index (χ1v) is 6.94. The van der Waals surface area contributed by atoms with Gasteiger partial charge in [-0.15, -0.1) is 0 Å². The maximum absolute atomic E-state index is 6.09. The summed E-state index contributed by atoms with van der Waals surface area (Å²) in [6.07, 6.45) is 2.44. The van der Waals surface area contributed by atoms with E-state index in [1.165, 1.54) is 12.8 Å². The van der Waals surface area contributed by atoms with E-state index in [4.69, 9.17) is 16.3 Å². The van der Waals surface area contributed by atoms with Gasteiger partial charge in [0.2, 0.25) is 0 Å². The number of anilines is 1. The Labute approximate surface area is 114 Å². The zero-order chi connectivity index (χ0) is 13.0. The minimum absolute atomic E-state index is 0.562. The number of hydrogen-bond acceptors (Lipinski definition) is 3. The van der Waals surface area contributed by atoms with Crippen molar-refractivity contribution in [3.8, 4) is 5.75 Å². The molecule has 0 radical (unpaired) electrons. The predicted molar refractivity (Wildman–Crippen MR) is 76.9 cm³/mol. The van der Waals surface area contributed by atoms with Crippen LogP contribution < -0.4 is 15.0 Å². The van der Waals surface area contributed by atoms with Gasteiger partial charge in [0.05, 0.1) is 12.8 Å². The van der Waals surface area contributed by atoms with Gasteiger partial charge in [-0.25, -0.2) is 0 Å².